The Hall–Kier alpha value is -3.68. The van der Waals surface area contributed by atoms with E-state index in [2.05, 4.69) is 20.7 Å². The summed E-state index contributed by atoms with van der Waals surface area (Å²) in [4.78, 5) is 29.5. The van der Waals surface area contributed by atoms with Gasteiger partial charge in [-0.25, -0.2) is 4.68 Å². The van der Waals surface area contributed by atoms with Crippen molar-refractivity contribution in [3.8, 4) is 17.1 Å². The first kappa shape index (κ1) is 18.7. The van der Waals surface area contributed by atoms with E-state index in [0.29, 0.717) is 11.5 Å². The number of anilines is 2. The van der Waals surface area contributed by atoms with Crippen LogP contribution in [0.2, 0.25) is 0 Å². The Morgan fingerprint density at radius 3 is 2.66 bits per heavy atom. The summed E-state index contributed by atoms with van der Waals surface area (Å²) in [5.41, 5.74) is 3.54. The predicted octanol–water partition coefficient (Wildman–Crippen LogP) is 3.09. The zero-order chi connectivity index (χ0) is 20.5. The third-order valence-corrected chi connectivity index (χ3v) is 4.85. The molecule has 3 aromatic rings. The Bertz CT molecular complexity index is 1090. The van der Waals surface area contributed by atoms with Crippen LogP contribution in [-0.2, 0) is 9.59 Å². The highest BCUT2D eigenvalue weighted by atomic mass is 16.5. The molecule has 8 heteroatoms. The summed E-state index contributed by atoms with van der Waals surface area (Å²) in [6, 6.07) is 12.3. The van der Waals surface area contributed by atoms with Crippen molar-refractivity contribution in [3.05, 3.63) is 53.6 Å². The number of hydrogen-bond acceptors (Lipinski definition) is 5. The van der Waals surface area contributed by atoms with Crippen molar-refractivity contribution < 1.29 is 14.3 Å². The van der Waals surface area contributed by atoms with Crippen molar-refractivity contribution in [2.24, 2.45) is 0 Å². The molecule has 4 rings (SSSR count). The van der Waals surface area contributed by atoms with Gasteiger partial charge in [-0.05, 0) is 49.7 Å². The molecule has 1 atom stereocenters. The van der Waals surface area contributed by atoms with E-state index in [0.717, 1.165) is 22.4 Å². The van der Waals surface area contributed by atoms with Crippen LogP contribution in [0.1, 0.15) is 23.6 Å². The van der Waals surface area contributed by atoms with Crippen molar-refractivity contribution in [3.63, 3.8) is 0 Å². The van der Waals surface area contributed by atoms with E-state index in [-0.39, 0.29) is 24.2 Å². The second-order valence-corrected chi connectivity index (χ2v) is 7.01. The number of fused-ring (bicyclic) bond motifs is 1. The monoisotopic (exact) mass is 391 g/mol. The number of nitrogens with zero attached hydrogens (tertiary/aromatic N) is 3. The standard InChI is InChI=1S/C21H21N5O3/c1-12-4-9-16(13(2)10-12)22-20(28)17-11-18(27)23-21-24-19(25-26(17)21)14-5-7-15(29-3)8-6-14/h4-10,17H,11H2,1-3H3,(H,22,28)(H,23,24,25,27)/t17-/m0/s1. The highest BCUT2D eigenvalue weighted by molar-refractivity contribution is 6.01. The molecule has 2 heterocycles. The summed E-state index contributed by atoms with van der Waals surface area (Å²) in [6.45, 7) is 3.92. The van der Waals surface area contributed by atoms with E-state index in [9.17, 15) is 9.59 Å². The summed E-state index contributed by atoms with van der Waals surface area (Å²) < 4.78 is 6.64. The topological polar surface area (TPSA) is 98.1 Å². The van der Waals surface area contributed by atoms with Crippen LogP contribution in [0.25, 0.3) is 11.4 Å². The van der Waals surface area contributed by atoms with Crippen LogP contribution in [0, 0.1) is 13.8 Å². The van der Waals surface area contributed by atoms with Crippen molar-refractivity contribution in [2.45, 2.75) is 26.3 Å². The Morgan fingerprint density at radius 2 is 1.97 bits per heavy atom. The van der Waals surface area contributed by atoms with Gasteiger partial charge in [0, 0.05) is 11.3 Å². The first-order chi connectivity index (χ1) is 13.9. The summed E-state index contributed by atoms with van der Waals surface area (Å²) in [6.07, 6.45) is -0.00481. The molecule has 1 aliphatic heterocycles. The van der Waals surface area contributed by atoms with Gasteiger partial charge in [0.05, 0.1) is 13.5 Å². The SMILES string of the molecule is COc1ccc(-c2nc3n(n2)[C@H](C(=O)Nc2ccc(C)cc2C)CC(=O)N3)cc1. The summed E-state index contributed by atoms with van der Waals surface area (Å²) >= 11 is 0. The lowest BCUT2D eigenvalue weighted by molar-refractivity contribution is -0.125. The minimum Gasteiger partial charge on any atom is -0.497 e. The van der Waals surface area contributed by atoms with E-state index in [4.69, 9.17) is 4.74 Å². The average molecular weight is 391 g/mol. The van der Waals surface area contributed by atoms with Crippen LogP contribution < -0.4 is 15.4 Å². The van der Waals surface area contributed by atoms with Gasteiger partial charge in [0.1, 0.15) is 11.8 Å². The maximum Gasteiger partial charge on any atom is 0.249 e. The molecule has 1 aliphatic rings. The fraction of sp³-hybridized carbons (Fsp3) is 0.238. The molecular weight excluding hydrogens is 370 g/mol. The largest absolute Gasteiger partial charge is 0.497 e. The van der Waals surface area contributed by atoms with E-state index in [1.54, 1.807) is 19.2 Å². The van der Waals surface area contributed by atoms with E-state index in [1.807, 2.05) is 44.2 Å². The molecule has 2 N–H and O–H groups in total. The molecular formula is C21H21N5O3. The molecule has 0 bridgehead atoms. The third kappa shape index (κ3) is 3.69. The first-order valence-corrected chi connectivity index (χ1v) is 9.23. The van der Waals surface area contributed by atoms with Crippen molar-refractivity contribution in [1.29, 1.82) is 0 Å². The third-order valence-electron chi connectivity index (χ3n) is 4.85. The molecule has 2 aromatic carbocycles. The molecule has 0 spiro atoms. The molecule has 0 radical (unpaired) electrons. The molecule has 29 heavy (non-hydrogen) atoms. The Labute approximate surface area is 167 Å². The first-order valence-electron chi connectivity index (χ1n) is 9.23. The lowest BCUT2D eigenvalue weighted by Gasteiger charge is -2.22. The van der Waals surface area contributed by atoms with Crippen molar-refractivity contribution in [1.82, 2.24) is 14.8 Å². The van der Waals surface area contributed by atoms with E-state index >= 15 is 0 Å². The number of methoxy groups -OCH3 is 1. The zero-order valence-electron chi connectivity index (χ0n) is 16.4. The van der Waals surface area contributed by atoms with Gasteiger partial charge < -0.3 is 10.1 Å². The molecule has 0 saturated carbocycles. The molecule has 0 saturated heterocycles. The van der Waals surface area contributed by atoms with Crippen LogP contribution in [0.4, 0.5) is 11.6 Å². The van der Waals surface area contributed by atoms with Crippen LogP contribution in [0.15, 0.2) is 42.5 Å². The lowest BCUT2D eigenvalue weighted by Crippen LogP contribution is -2.36. The van der Waals surface area contributed by atoms with Crippen LogP contribution >= 0.6 is 0 Å². The number of ether oxygens (including phenoxy) is 1. The molecule has 2 amide bonds. The second kappa shape index (κ2) is 7.38. The minimum atomic E-state index is -0.779. The van der Waals surface area contributed by atoms with Gasteiger partial charge >= 0.3 is 0 Å². The molecule has 8 nitrogen and oxygen atoms in total. The highest BCUT2D eigenvalue weighted by Gasteiger charge is 2.33. The summed E-state index contributed by atoms with van der Waals surface area (Å²) in [5.74, 6) is 0.824. The smallest absolute Gasteiger partial charge is 0.249 e. The van der Waals surface area contributed by atoms with Gasteiger partial charge in [0.25, 0.3) is 0 Å². The number of rotatable bonds is 4. The van der Waals surface area contributed by atoms with Gasteiger partial charge in [-0.3, -0.25) is 14.9 Å². The number of aromatic nitrogens is 3. The van der Waals surface area contributed by atoms with E-state index in [1.165, 1.54) is 4.68 Å². The van der Waals surface area contributed by atoms with Crippen molar-refractivity contribution >= 4 is 23.5 Å². The second-order valence-electron chi connectivity index (χ2n) is 7.01. The summed E-state index contributed by atoms with van der Waals surface area (Å²) in [7, 11) is 1.59. The number of benzene rings is 2. The Morgan fingerprint density at radius 1 is 1.21 bits per heavy atom. The molecule has 0 unspecified atom stereocenters. The van der Waals surface area contributed by atoms with Crippen molar-refractivity contribution in [2.75, 3.05) is 17.7 Å². The zero-order valence-corrected chi connectivity index (χ0v) is 16.4. The fourth-order valence-corrected chi connectivity index (χ4v) is 3.30. The number of hydrogen-bond donors (Lipinski definition) is 2. The fourth-order valence-electron chi connectivity index (χ4n) is 3.30. The maximum absolute atomic E-state index is 12.9. The highest BCUT2D eigenvalue weighted by Crippen LogP contribution is 2.28. The van der Waals surface area contributed by atoms with Crippen LogP contribution in [0.5, 0.6) is 5.75 Å². The van der Waals surface area contributed by atoms with Gasteiger partial charge in [-0.2, -0.15) is 4.98 Å². The molecule has 148 valence electrons. The van der Waals surface area contributed by atoms with Gasteiger partial charge in [0.15, 0.2) is 5.82 Å². The number of carbonyl (C=O) groups excluding carboxylic acids is 2. The van der Waals surface area contributed by atoms with Gasteiger partial charge in [0.2, 0.25) is 17.8 Å². The summed E-state index contributed by atoms with van der Waals surface area (Å²) in [5, 5.41) is 10.1. The van der Waals surface area contributed by atoms with Crippen LogP contribution in [0.3, 0.4) is 0 Å². The van der Waals surface area contributed by atoms with Gasteiger partial charge in [-0.15, -0.1) is 5.10 Å². The Balaban J connectivity index is 1.63. The van der Waals surface area contributed by atoms with Gasteiger partial charge in [-0.1, -0.05) is 17.7 Å². The lowest BCUT2D eigenvalue weighted by atomic mass is 10.1. The number of aryl methyl sites for hydroxylation is 2. The Kier molecular flexibility index (Phi) is 4.75. The van der Waals surface area contributed by atoms with Crippen LogP contribution in [-0.4, -0.2) is 33.7 Å². The normalized spacial score (nSPS) is 15.4. The molecule has 0 aliphatic carbocycles. The number of nitrogens with one attached hydrogen (secondary N) is 2. The number of amides is 2. The molecule has 0 fully saturated rings. The number of carbonyl (C=O) groups is 2. The predicted molar refractivity (Wildman–Crippen MR) is 109 cm³/mol. The molecule has 1 aromatic heterocycles. The quantitative estimate of drug-likeness (QED) is 0.712. The van der Waals surface area contributed by atoms with E-state index < -0.39 is 6.04 Å². The minimum absolute atomic E-state index is 0.00481. The average Bonchev–Trinajstić information content (AvgIpc) is 3.13. The maximum atomic E-state index is 12.9.